The van der Waals surface area contributed by atoms with E-state index >= 15 is 0 Å². The van der Waals surface area contributed by atoms with Crippen LogP contribution in [0.25, 0.3) is 22.3 Å². The van der Waals surface area contributed by atoms with E-state index in [1.165, 1.54) is 66.8 Å². The summed E-state index contributed by atoms with van der Waals surface area (Å²) in [5.41, 5.74) is 18.2. The monoisotopic (exact) mass is 1360 g/mol. The zero-order valence-electron chi connectivity index (χ0n) is 44.4. The average molecular weight is 1360 g/mol. The van der Waals surface area contributed by atoms with Gasteiger partial charge in [0.1, 0.15) is 0 Å². The number of hydrogen-bond donors (Lipinski definition) is 0. The van der Waals surface area contributed by atoms with Crippen LogP contribution in [0.3, 0.4) is 0 Å². The van der Waals surface area contributed by atoms with Gasteiger partial charge >= 0.3 is 512 Å². The zero-order valence-corrected chi connectivity index (χ0v) is 50.9. The summed E-state index contributed by atoms with van der Waals surface area (Å²) in [5.74, 6) is 1.74. The summed E-state index contributed by atoms with van der Waals surface area (Å²) in [6.07, 6.45) is 0. The molecular weight excluding hydrogens is 1320 g/mol. The second kappa shape index (κ2) is 17.4. The second-order valence-corrected chi connectivity index (χ2v) is 37.8. The van der Waals surface area contributed by atoms with Crippen LogP contribution >= 0.6 is 46.4 Å². The first-order chi connectivity index (χ1) is 41.3. The van der Waals surface area contributed by atoms with Crippen LogP contribution in [0, 0.1) is 0 Å². The van der Waals surface area contributed by atoms with E-state index in [9.17, 15) is 0 Å². The van der Waals surface area contributed by atoms with Gasteiger partial charge in [-0.05, 0) is 0 Å². The average Bonchev–Trinajstić information content (AvgIpc) is 1.14. The Labute approximate surface area is 507 Å². The van der Waals surface area contributed by atoms with Crippen LogP contribution in [-0.4, -0.2) is 19.7 Å². The molecule has 0 bridgehead atoms. The second-order valence-electron chi connectivity index (χ2n) is 22.2. The van der Waals surface area contributed by atoms with Crippen LogP contribution < -0.4 is 30.0 Å². The van der Waals surface area contributed by atoms with E-state index in [0.29, 0.717) is 11.5 Å². The van der Waals surface area contributed by atoms with E-state index in [1.54, 1.807) is 0 Å². The van der Waals surface area contributed by atoms with Gasteiger partial charge < -0.3 is 0 Å². The Balaban J connectivity index is 0.952. The molecule has 0 N–H and O–H groups in total. The summed E-state index contributed by atoms with van der Waals surface area (Å²) in [6.45, 7) is 0. The van der Waals surface area contributed by atoms with Crippen molar-refractivity contribution >= 4 is 110 Å². The van der Waals surface area contributed by atoms with Crippen LogP contribution in [0.2, 0.25) is 20.1 Å². The molecular formula is C74H43BiCl4N2O3. The first-order valence-corrected chi connectivity index (χ1v) is 37.5. The summed E-state index contributed by atoms with van der Waals surface area (Å²) in [6, 6.07) is 94.4. The maximum atomic E-state index is 8.15. The van der Waals surface area contributed by atoms with Gasteiger partial charge in [-0.25, -0.2) is 0 Å². The molecule has 1 spiro atoms. The van der Waals surface area contributed by atoms with E-state index < -0.39 is 30.5 Å². The third kappa shape index (κ3) is 5.86. The predicted molar refractivity (Wildman–Crippen MR) is 343 cm³/mol. The third-order valence-electron chi connectivity index (χ3n) is 18.5. The van der Waals surface area contributed by atoms with E-state index in [1.807, 2.05) is 12.1 Å². The van der Waals surface area contributed by atoms with Gasteiger partial charge in [-0.3, -0.25) is 0 Å². The Hall–Kier alpha value is -8.32. The molecule has 400 valence electrons. The molecule has 6 aliphatic rings. The zero-order chi connectivity index (χ0) is 55.9. The maximum absolute atomic E-state index is 8.15. The Kier molecular flexibility index (Phi) is 10.2. The Bertz CT molecular complexity index is 4490. The summed E-state index contributed by atoms with van der Waals surface area (Å²) < 4.78 is 26.2. The number of benzene rings is 12. The fourth-order valence-electron chi connectivity index (χ4n) is 15.5. The Morgan fingerprint density at radius 2 is 0.631 bits per heavy atom. The fourth-order valence-corrected chi connectivity index (χ4v) is 39.0. The van der Waals surface area contributed by atoms with Crippen molar-refractivity contribution in [3.63, 3.8) is 0 Å². The summed E-state index contributed by atoms with van der Waals surface area (Å²) in [5, 5.41) is 0.426. The molecule has 0 saturated heterocycles. The van der Waals surface area contributed by atoms with Crippen LogP contribution in [0.15, 0.2) is 261 Å². The molecule has 0 amide bonds. The molecule has 0 fully saturated rings. The van der Waals surface area contributed by atoms with Crippen molar-refractivity contribution < 1.29 is 10.4 Å². The van der Waals surface area contributed by atoms with Crippen molar-refractivity contribution in [2.45, 2.75) is 10.8 Å². The van der Waals surface area contributed by atoms with Crippen molar-refractivity contribution in [2.24, 2.45) is 0 Å². The quantitative estimate of drug-likeness (QED) is 0.0942. The third-order valence-corrected chi connectivity index (χ3v) is 39.1. The summed E-state index contributed by atoms with van der Waals surface area (Å²) in [4.78, 5) is 4.78. The van der Waals surface area contributed by atoms with Crippen LogP contribution in [-0.2, 0) is 10.8 Å². The standard InChI is InChI=1S/C68H43N2O.C6H2Cl4O2.Bi/c1-5-20-47(21-6-1)67(48-22-7-2-8-23-48)63-36-15-13-34-59(63)61-40-38-55(45-65(61)67)69-51-28-17-29-52(42-51)70(54-31-19-33-58(44-54)71-57-32-18-30-53(69)43-57)56-39-41-62-60-35-14-16-37-64(60)68(66(62)46-56,49-24-9-3-10-25-49)50-26-11-4-12-27-50;7-1-2(8)4(10)6(12)5(11)3(1)9;/h1-41,45-46H;11-12H;/q;;+2/p-2. The van der Waals surface area contributed by atoms with Gasteiger partial charge in [0.15, 0.2) is 0 Å². The molecule has 0 radical (unpaired) electrons. The molecule has 12 aromatic rings. The molecule has 0 aromatic heterocycles. The minimum atomic E-state index is -6.59. The van der Waals surface area contributed by atoms with E-state index in [4.69, 9.17) is 56.8 Å². The van der Waals surface area contributed by atoms with Gasteiger partial charge in [-0.2, -0.15) is 0 Å². The molecule has 4 aliphatic heterocycles. The summed E-state index contributed by atoms with van der Waals surface area (Å²) in [7, 11) is 0. The van der Waals surface area contributed by atoms with Crippen molar-refractivity contribution in [3.8, 4) is 45.3 Å². The molecule has 12 aromatic carbocycles. The molecule has 2 aliphatic carbocycles. The number of hydrogen-bond acceptors (Lipinski definition) is 5. The van der Waals surface area contributed by atoms with Gasteiger partial charge in [-0.15, -0.1) is 0 Å². The Morgan fingerprint density at radius 1 is 0.298 bits per heavy atom. The van der Waals surface area contributed by atoms with Gasteiger partial charge in [0.25, 0.3) is 0 Å². The van der Waals surface area contributed by atoms with Crippen molar-refractivity contribution in [3.05, 3.63) is 325 Å². The minimum absolute atomic E-state index is 0.0868. The van der Waals surface area contributed by atoms with Gasteiger partial charge in [-0.1, -0.05) is 0 Å². The first kappa shape index (κ1) is 49.1. The number of ether oxygens (including phenoxy) is 1. The molecule has 0 saturated carbocycles. The normalized spacial score (nSPS) is 16.5. The summed E-state index contributed by atoms with van der Waals surface area (Å²) >= 11 is 22.4. The number of nitrogens with zero attached hydrogens (tertiary/aromatic N) is 2. The topological polar surface area (TPSA) is 34.2 Å². The first-order valence-electron chi connectivity index (χ1n) is 28.0. The van der Waals surface area contributed by atoms with Crippen molar-refractivity contribution in [2.75, 3.05) is 9.80 Å². The van der Waals surface area contributed by atoms with Crippen molar-refractivity contribution in [1.29, 1.82) is 0 Å². The van der Waals surface area contributed by atoms with Gasteiger partial charge in [0.2, 0.25) is 0 Å². The van der Waals surface area contributed by atoms with E-state index in [-0.39, 0.29) is 31.6 Å². The number of fused-ring (bicyclic) bond motifs is 7. The predicted octanol–water partition coefficient (Wildman–Crippen LogP) is 18.6. The number of rotatable bonds is 6. The van der Waals surface area contributed by atoms with Crippen LogP contribution in [0.5, 0.6) is 23.0 Å². The van der Waals surface area contributed by atoms with Crippen LogP contribution in [0.1, 0.15) is 44.5 Å². The molecule has 5 nitrogen and oxygen atoms in total. The molecule has 18 rings (SSSR count). The fraction of sp³-hybridized carbons (Fsp3) is 0.0270. The molecule has 4 heterocycles. The van der Waals surface area contributed by atoms with Gasteiger partial charge in [0.05, 0.1) is 0 Å². The number of halogens is 4. The SMILES string of the molecule is Clc1c(Cl)c(Cl)c2c(c1Cl)[O][Bi]13([O]2)[c]2c4cccc2N(c2ccc5c(c2)C(c2ccccc2)(c2ccccc2)c2ccccc2-5)c2cccc([c]21)N(c1ccc2c(c1)C(c1ccccc1)(c1ccccc1)c1ccccc1-2)c1cccc([c]13)O4. The van der Waals surface area contributed by atoms with E-state index in [0.717, 1.165) is 43.9 Å². The van der Waals surface area contributed by atoms with Crippen LogP contribution in [0.4, 0.5) is 34.1 Å². The van der Waals surface area contributed by atoms with E-state index in [2.05, 4.69) is 259 Å². The molecule has 10 heteroatoms. The number of anilines is 6. The Morgan fingerprint density at radius 3 is 1.02 bits per heavy atom. The molecule has 0 unspecified atom stereocenters. The van der Waals surface area contributed by atoms with Crippen molar-refractivity contribution in [1.82, 2.24) is 0 Å². The molecule has 84 heavy (non-hydrogen) atoms. The molecule has 0 atom stereocenters. The van der Waals surface area contributed by atoms with Gasteiger partial charge in [0, 0.05) is 0 Å².